The van der Waals surface area contributed by atoms with Crippen molar-refractivity contribution in [1.82, 2.24) is 9.78 Å². The number of hydrogen-bond acceptors (Lipinski definition) is 3. The van der Waals surface area contributed by atoms with Gasteiger partial charge in [-0.05, 0) is 20.8 Å². The van der Waals surface area contributed by atoms with Crippen LogP contribution in [0.4, 0.5) is 0 Å². The maximum atomic E-state index is 11.5. The smallest absolute Gasteiger partial charge is 0.173 e. The van der Waals surface area contributed by atoms with Gasteiger partial charge in [-0.1, -0.05) is 0 Å². The zero-order valence-electron chi connectivity index (χ0n) is 8.70. The molecule has 0 fully saturated rings. The summed E-state index contributed by atoms with van der Waals surface area (Å²) in [5.74, 6) is -0.256. The standard InChI is InChI=1S/C10H14N2O2/c1-4-12-6-9(8(3)11-12)10(14)5-7(2)13/h6H,4-5H2,1-3H3. The minimum Gasteiger partial charge on any atom is -0.300 e. The van der Waals surface area contributed by atoms with E-state index in [4.69, 9.17) is 0 Å². The third-order valence-electron chi connectivity index (χ3n) is 1.98. The van der Waals surface area contributed by atoms with E-state index in [-0.39, 0.29) is 18.0 Å². The lowest BCUT2D eigenvalue weighted by Crippen LogP contribution is -2.05. The van der Waals surface area contributed by atoms with Gasteiger partial charge >= 0.3 is 0 Å². The minimum absolute atomic E-state index is 0.0315. The Kier molecular flexibility index (Phi) is 3.17. The van der Waals surface area contributed by atoms with E-state index < -0.39 is 0 Å². The molecule has 1 rings (SSSR count). The van der Waals surface area contributed by atoms with E-state index in [2.05, 4.69) is 5.10 Å². The van der Waals surface area contributed by atoms with Gasteiger partial charge in [-0.15, -0.1) is 0 Å². The van der Waals surface area contributed by atoms with Gasteiger partial charge in [-0.25, -0.2) is 0 Å². The van der Waals surface area contributed by atoms with Gasteiger partial charge in [0.15, 0.2) is 5.78 Å². The Labute approximate surface area is 82.9 Å². The number of carbonyl (C=O) groups is 2. The Morgan fingerprint density at radius 1 is 1.50 bits per heavy atom. The molecular weight excluding hydrogens is 180 g/mol. The van der Waals surface area contributed by atoms with E-state index in [1.807, 2.05) is 6.92 Å². The van der Waals surface area contributed by atoms with Crippen molar-refractivity contribution < 1.29 is 9.59 Å². The van der Waals surface area contributed by atoms with Gasteiger partial charge in [0.05, 0.1) is 17.7 Å². The van der Waals surface area contributed by atoms with Crippen molar-refractivity contribution in [3.05, 3.63) is 17.5 Å². The van der Waals surface area contributed by atoms with Gasteiger partial charge in [0.25, 0.3) is 0 Å². The summed E-state index contributed by atoms with van der Waals surface area (Å²) >= 11 is 0. The van der Waals surface area contributed by atoms with Crippen LogP contribution in [-0.2, 0) is 11.3 Å². The predicted molar refractivity (Wildman–Crippen MR) is 52.3 cm³/mol. The molecule has 4 heteroatoms. The molecule has 0 aliphatic carbocycles. The highest BCUT2D eigenvalue weighted by Crippen LogP contribution is 2.08. The van der Waals surface area contributed by atoms with Crippen LogP contribution >= 0.6 is 0 Å². The molecule has 0 unspecified atom stereocenters. The minimum atomic E-state index is -0.144. The molecule has 0 amide bonds. The number of ketones is 2. The van der Waals surface area contributed by atoms with Crippen molar-refractivity contribution in [2.45, 2.75) is 33.7 Å². The van der Waals surface area contributed by atoms with Crippen LogP contribution in [0.2, 0.25) is 0 Å². The predicted octanol–water partition coefficient (Wildman–Crippen LogP) is 1.37. The van der Waals surface area contributed by atoms with Crippen molar-refractivity contribution in [1.29, 1.82) is 0 Å². The second-order valence-electron chi connectivity index (χ2n) is 3.29. The normalized spacial score (nSPS) is 10.2. The fourth-order valence-corrected chi connectivity index (χ4v) is 1.27. The van der Waals surface area contributed by atoms with Crippen molar-refractivity contribution in [2.24, 2.45) is 0 Å². The fraction of sp³-hybridized carbons (Fsp3) is 0.500. The number of aromatic nitrogens is 2. The van der Waals surface area contributed by atoms with Crippen molar-refractivity contribution in [3.63, 3.8) is 0 Å². The Hall–Kier alpha value is -1.45. The molecule has 1 aromatic heterocycles. The molecule has 0 radical (unpaired) electrons. The molecule has 0 aliphatic heterocycles. The van der Waals surface area contributed by atoms with E-state index in [0.717, 1.165) is 6.54 Å². The SMILES string of the molecule is CCn1cc(C(=O)CC(C)=O)c(C)n1. The average Bonchev–Trinajstić information content (AvgIpc) is 2.45. The quantitative estimate of drug-likeness (QED) is 0.537. The van der Waals surface area contributed by atoms with Gasteiger partial charge < -0.3 is 0 Å². The largest absolute Gasteiger partial charge is 0.300 e. The molecule has 14 heavy (non-hydrogen) atoms. The maximum Gasteiger partial charge on any atom is 0.173 e. The summed E-state index contributed by atoms with van der Waals surface area (Å²) in [5, 5.41) is 4.14. The van der Waals surface area contributed by atoms with E-state index in [1.165, 1.54) is 6.92 Å². The first kappa shape index (κ1) is 10.6. The summed E-state index contributed by atoms with van der Waals surface area (Å²) in [6, 6.07) is 0. The first-order valence-electron chi connectivity index (χ1n) is 4.61. The average molecular weight is 194 g/mol. The molecule has 0 aliphatic rings. The first-order chi connectivity index (χ1) is 6.54. The summed E-state index contributed by atoms with van der Waals surface area (Å²) in [5.41, 5.74) is 1.25. The van der Waals surface area contributed by atoms with E-state index in [9.17, 15) is 9.59 Å². The summed E-state index contributed by atoms with van der Waals surface area (Å²) in [4.78, 5) is 22.3. The third-order valence-corrected chi connectivity index (χ3v) is 1.98. The molecule has 1 aromatic rings. The van der Waals surface area contributed by atoms with E-state index in [0.29, 0.717) is 11.3 Å². The number of rotatable bonds is 4. The lowest BCUT2D eigenvalue weighted by Gasteiger charge is -1.93. The molecular formula is C10H14N2O2. The van der Waals surface area contributed by atoms with Gasteiger partial charge in [0.1, 0.15) is 5.78 Å². The molecule has 0 bridgehead atoms. The number of hydrogen-bond donors (Lipinski definition) is 0. The molecule has 0 N–H and O–H groups in total. The van der Waals surface area contributed by atoms with Crippen LogP contribution in [0, 0.1) is 6.92 Å². The zero-order valence-corrected chi connectivity index (χ0v) is 8.70. The second kappa shape index (κ2) is 4.17. The number of aryl methyl sites for hydroxylation is 2. The zero-order chi connectivity index (χ0) is 10.7. The molecule has 0 atom stereocenters. The lowest BCUT2D eigenvalue weighted by molar-refractivity contribution is -0.116. The highest BCUT2D eigenvalue weighted by molar-refractivity contribution is 6.07. The second-order valence-corrected chi connectivity index (χ2v) is 3.29. The summed E-state index contributed by atoms with van der Waals surface area (Å²) in [6.45, 7) is 5.87. The molecule has 0 spiro atoms. The Morgan fingerprint density at radius 3 is 2.57 bits per heavy atom. The number of nitrogens with zero attached hydrogens (tertiary/aromatic N) is 2. The van der Waals surface area contributed by atoms with Gasteiger partial charge in [-0.2, -0.15) is 5.10 Å². The number of Topliss-reactive ketones (excluding diaryl/α,β-unsaturated/α-hetero) is 2. The third kappa shape index (κ3) is 2.28. The first-order valence-corrected chi connectivity index (χ1v) is 4.61. The van der Waals surface area contributed by atoms with Crippen LogP contribution in [0.25, 0.3) is 0 Å². The highest BCUT2D eigenvalue weighted by atomic mass is 16.1. The van der Waals surface area contributed by atoms with Crippen LogP contribution < -0.4 is 0 Å². The Bertz CT molecular complexity index is 366. The van der Waals surface area contributed by atoms with E-state index >= 15 is 0 Å². The molecule has 76 valence electrons. The van der Waals surface area contributed by atoms with Crippen LogP contribution in [0.3, 0.4) is 0 Å². The lowest BCUT2D eigenvalue weighted by atomic mass is 10.1. The summed E-state index contributed by atoms with van der Waals surface area (Å²) in [6.07, 6.45) is 1.66. The van der Waals surface area contributed by atoms with E-state index in [1.54, 1.807) is 17.8 Å². The van der Waals surface area contributed by atoms with Gasteiger partial charge in [0.2, 0.25) is 0 Å². The topological polar surface area (TPSA) is 52.0 Å². The van der Waals surface area contributed by atoms with Crippen LogP contribution in [0.15, 0.2) is 6.20 Å². The van der Waals surface area contributed by atoms with Crippen LogP contribution in [0.5, 0.6) is 0 Å². The van der Waals surface area contributed by atoms with Gasteiger partial charge in [0, 0.05) is 12.7 Å². The molecule has 0 aromatic carbocycles. The molecule has 4 nitrogen and oxygen atoms in total. The fourth-order valence-electron chi connectivity index (χ4n) is 1.27. The highest BCUT2D eigenvalue weighted by Gasteiger charge is 2.14. The Balaban J connectivity index is 2.89. The van der Waals surface area contributed by atoms with Crippen molar-refractivity contribution in [3.8, 4) is 0 Å². The van der Waals surface area contributed by atoms with Crippen molar-refractivity contribution >= 4 is 11.6 Å². The molecule has 0 saturated carbocycles. The summed E-state index contributed by atoms with van der Waals surface area (Å²) in [7, 11) is 0. The summed E-state index contributed by atoms with van der Waals surface area (Å²) < 4.78 is 1.70. The van der Waals surface area contributed by atoms with Crippen LogP contribution in [-0.4, -0.2) is 21.3 Å². The van der Waals surface area contributed by atoms with Crippen molar-refractivity contribution in [2.75, 3.05) is 0 Å². The van der Waals surface area contributed by atoms with Gasteiger partial charge in [-0.3, -0.25) is 14.3 Å². The maximum absolute atomic E-state index is 11.5. The number of carbonyl (C=O) groups excluding carboxylic acids is 2. The molecule has 0 saturated heterocycles. The Morgan fingerprint density at radius 2 is 2.14 bits per heavy atom. The van der Waals surface area contributed by atoms with Crippen LogP contribution in [0.1, 0.15) is 36.3 Å². The monoisotopic (exact) mass is 194 g/mol. The molecule has 1 heterocycles.